The molecule has 0 amide bonds. The van der Waals surface area contributed by atoms with Crippen molar-refractivity contribution in [2.45, 2.75) is 13.8 Å². The number of hydrogen-bond acceptors (Lipinski definition) is 5. The lowest BCUT2D eigenvalue weighted by atomic mass is 10.1. The first kappa shape index (κ1) is 14.8. The summed E-state index contributed by atoms with van der Waals surface area (Å²) in [5.74, 6) is 1.35. The Labute approximate surface area is 134 Å². The number of hydrogen-bond donors (Lipinski definition) is 1. The van der Waals surface area contributed by atoms with Crippen molar-refractivity contribution in [1.82, 2.24) is 15.0 Å². The zero-order valence-corrected chi connectivity index (χ0v) is 12.9. The predicted octanol–water partition coefficient (Wildman–Crippen LogP) is 3.79. The van der Waals surface area contributed by atoms with Crippen LogP contribution in [0.5, 0.6) is 0 Å². The van der Waals surface area contributed by atoms with Crippen molar-refractivity contribution in [3.05, 3.63) is 66.1 Å². The highest BCUT2D eigenvalue weighted by Gasteiger charge is 2.06. The second-order valence-electron chi connectivity index (χ2n) is 5.22. The van der Waals surface area contributed by atoms with Gasteiger partial charge in [0.25, 0.3) is 0 Å². The Morgan fingerprint density at radius 1 is 1.04 bits per heavy atom. The van der Waals surface area contributed by atoms with Gasteiger partial charge in [-0.15, -0.1) is 0 Å². The van der Waals surface area contributed by atoms with Crippen LogP contribution in [0.25, 0.3) is 11.4 Å². The van der Waals surface area contributed by atoms with Gasteiger partial charge < -0.3 is 5.32 Å². The summed E-state index contributed by atoms with van der Waals surface area (Å²) in [7, 11) is 0. The number of aromatic nitrogens is 3. The van der Waals surface area contributed by atoms with Gasteiger partial charge in [-0.2, -0.15) is 0 Å². The van der Waals surface area contributed by atoms with Crippen molar-refractivity contribution in [1.29, 1.82) is 0 Å². The van der Waals surface area contributed by atoms with Crippen LogP contribution in [0.15, 0.2) is 54.9 Å². The lowest BCUT2D eigenvalue weighted by Crippen LogP contribution is -2.00. The van der Waals surface area contributed by atoms with E-state index in [1.165, 1.54) is 0 Å². The molecule has 3 rings (SSSR count). The van der Waals surface area contributed by atoms with Crippen LogP contribution >= 0.6 is 0 Å². The average Bonchev–Trinajstić information content (AvgIpc) is 2.55. The van der Waals surface area contributed by atoms with Gasteiger partial charge in [0.05, 0.1) is 0 Å². The summed E-state index contributed by atoms with van der Waals surface area (Å²) >= 11 is 0. The number of anilines is 2. The van der Waals surface area contributed by atoms with E-state index in [0.29, 0.717) is 17.2 Å². The number of nitrogens with one attached hydrogen (secondary N) is 1. The zero-order valence-electron chi connectivity index (χ0n) is 12.9. The molecule has 0 saturated heterocycles. The Hall–Kier alpha value is -3.08. The predicted molar refractivity (Wildman–Crippen MR) is 89.7 cm³/mol. The van der Waals surface area contributed by atoms with Crippen LogP contribution in [-0.2, 0) is 0 Å². The highest BCUT2D eigenvalue weighted by atomic mass is 16.1. The molecule has 0 radical (unpaired) electrons. The summed E-state index contributed by atoms with van der Waals surface area (Å²) in [5, 5.41) is 3.23. The third kappa shape index (κ3) is 3.58. The van der Waals surface area contributed by atoms with Gasteiger partial charge in [-0.25, -0.2) is 9.97 Å². The summed E-state index contributed by atoms with van der Waals surface area (Å²) in [4.78, 5) is 24.5. The molecule has 0 unspecified atom stereocenters. The maximum atomic E-state index is 11.5. The van der Waals surface area contributed by atoms with Crippen LogP contribution in [0, 0.1) is 6.92 Å². The normalized spacial score (nSPS) is 10.3. The highest BCUT2D eigenvalue weighted by molar-refractivity contribution is 5.95. The molecule has 1 N–H and O–H groups in total. The minimum absolute atomic E-state index is 0.0324. The first-order valence-corrected chi connectivity index (χ1v) is 7.26. The lowest BCUT2D eigenvalue weighted by molar-refractivity contribution is 0.101. The Balaban J connectivity index is 1.93. The lowest BCUT2D eigenvalue weighted by Gasteiger charge is -2.09. The summed E-state index contributed by atoms with van der Waals surface area (Å²) in [6.07, 6.45) is 3.43. The van der Waals surface area contributed by atoms with Crippen LogP contribution in [-0.4, -0.2) is 20.7 Å². The second-order valence-corrected chi connectivity index (χ2v) is 5.22. The van der Waals surface area contributed by atoms with Crippen LogP contribution in [0.4, 0.5) is 11.5 Å². The molecule has 3 aromatic rings. The van der Waals surface area contributed by atoms with Gasteiger partial charge in [-0.05, 0) is 38.1 Å². The molecule has 2 heterocycles. The first-order chi connectivity index (χ1) is 11.1. The van der Waals surface area contributed by atoms with Crippen LogP contribution < -0.4 is 5.32 Å². The summed E-state index contributed by atoms with van der Waals surface area (Å²) in [5.41, 5.74) is 3.24. The second kappa shape index (κ2) is 6.36. The van der Waals surface area contributed by atoms with E-state index in [4.69, 9.17) is 0 Å². The average molecular weight is 304 g/mol. The van der Waals surface area contributed by atoms with Gasteiger partial charge in [-0.3, -0.25) is 9.78 Å². The minimum atomic E-state index is 0.0324. The van der Waals surface area contributed by atoms with Crippen molar-refractivity contribution < 1.29 is 4.79 Å². The first-order valence-electron chi connectivity index (χ1n) is 7.26. The molecule has 0 saturated carbocycles. The zero-order chi connectivity index (χ0) is 16.2. The Morgan fingerprint density at radius 3 is 2.57 bits per heavy atom. The summed E-state index contributed by atoms with van der Waals surface area (Å²) in [6.45, 7) is 3.47. The van der Waals surface area contributed by atoms with Crippen molar-refractivity contribution in [2.75, 3.05) is 5.32 Å². The fourth-order valence-corrected chi connectivity index (χ4v) is 2.23. The van der Waals surface area contributed by atoms with Gasteiger partial charge in [0.2, 0.25) is 0 Å². The fourth-order valence-electron chi connectivity index (χ4n) is 2.23. The number of carbonyl (C=O) groups is 1. The number of aryl methyl sites for hydroxylation is 1. The van der Waals surface area contributed by atoms with E-state index in [1.807, 2.05) is 43.3 Å². The molecular weight excluding hydrogens is 288 g/mol. The Morgan fingerprint density at radius 2 is 1.83 bits per heavy atom. The van der Waals surface area contributed by atoms with E-state index < -0.39 is 0 Å². The van der Waals surface area contributed by atoms with E-state index in [9.17, 15) is 4.79 Å². The van der Waals surface area contributed by atoms with E-state index in [-0.39, 0.29) is 5.78 Å². The number of Topliss-reactive ketones (excluding diaryl/α,β-unsaturated/α-hetero) is 1. The molecule has 1 aromatic carbocycles. The summed E-state index contributed by atoms with van der Waals surface area (Å²) < 4.78 is 0. The SMILES string of the molecule is CC(=O)c1cccc(Nc2cc(C)nc(-c3ccncc3)n2)c1. The topological polar surface area (TPSA) is 67.8 Å². The fraction of sp³-hybridized carbons (Fsp3) is 0.111. The van der Waals surface area contributed by atoms with Crippen molar-refractivity contribution >= 4 is 17.3 Å². The monoisotopic (exact) mass is 304 g/mol. The number of pyridine rings is 1. The van der Waals surface area contributed by atoms with E-state index in [1.54, 1.807) is 25.4 Å². The minimum Gasteiger partial charge on any atom is -0.340 e. The number of benzene rings is 1. The maximum Gasteiger partial charge on any atom is 0.161 e. The molecule has 5 heteroatoms. The molecule has 0 aliphatic heterocycles. The number of ketones is 1. The smallest absolute Gasteiger partial charge is 0.161 e. The number of carbonyl (C=O) groups excluding carboxylic acids is 1. The molecule has 0 atom stereocenters. The molecule has 23 heavy (non-hydrogen) atoms. The molecule has 0 aliphatic rings. The highest BCUT2D eigenvalue weighted by Crippen LogP contribution is 2.21. The molecular formula is C18H16N4O. The van der Waals surface area contributed by atoms with E-state index in [0.717, 1.165) is 16.9 Å². The van der Waals surface area contributed by atoms with Gasteiger partial charge in [0.15, 0.2) is 11.6 Å². The maximum absolute atomic E-state index is 11.5. The van der Waals surface area contributed by atoms with Crippen molar-refractivity contribution in [3.63, 3.8) is 0 Å². The van der Waals surface area contributed by atoms with Crippen LogP contribution in [0.1, 0.15) is 23.0 Å². The largest absolute Gasteiger partial charge is 0.340 e. The third-order valence-electron chi connectivity index (χ3n) is 3.33. The quantitative estimate of drug-likeness (QED) is 0.743. The molecule has 0 fully saturated rings. The number of nitrogens with zero attached hydrogens (tertiary/aromatic N) is 3. The molecule has 5 nitrogen and oxygen atoms in total. The van der Waals surface area contributed by atoms with Gasteiger partial charge >= 0.3 is 0 Å². The van der Waals surface area contributed by atoms with Gasteiger partial charge in [0.1, 0.15) is 5.82 Å². The molecule has 0 spiro atoms. The third-order valence-corrected chi connectivity index (χ3v) is 3.33. The van der Waals surface area contributed by atoms with Crippen LogP contribution in [0.2, 0.25) is 0 Å². The Kier molecular flexibility index (Phi) is 4.10. The summed E-state index contributed by atoms with van der Waals surface area (Å²) in [6, 6.07) is 13.0. The standard InChI is InChI=1S/C18H16N4O/c1-12-10-17(21-16-5-3-4-15(11-16)13(2)23)22-18(20-12)14-6-8-19-9-7-14/h3-11H,1-2H3,(H,20,21,22). The molecule has 0 aliphatic carbocycles. The molecule has 0 bridgehead atoms. The molecule has 2 aromatic heterocycles. The molecule has 114 valence electrons. The van der Waals surface area contributed by atoms with E-state index >= 15 is 0 Å². The van der Waals surface area contributed by atoms with Crippen molar-refractivity contribution in [2.24, 2.45) is 0 Å². The Bertz CT molecular complexity index is 847. The van der Waals surface area contributed by atoms with Gasteiger partial charge in [-0.1, -0.05) is 12.1 Å². The van der Waals surface area contributed by atoms with Crippen molar-refractivity contribution in [3.8, 4) is 11.4 Å². The van der Waals surface area contributed by atoms with E-state index in [2.05, 4.69) is 20.3 Å². The van der Waals surface area contributed by atoms with Gasteiger partial charge in [0, 0.05) is 41.0 Å². The van der Waals surface area contributed by atoms with Crippen LogP contribution in [0.3, 0.4) is 0 Å². The number of rotatable bonds is 4.